The Morgan fingerprint density at radius 3 is 2.27 bits per heavy atom. The number of rotatable bonds is 6. The van der Waals surface area contributed by atoms with Gasteiger partial charge in [-0.15, -0.1) is 0 Å². The number of ether oxygens (including phenoxy) is 3. The van der Waals surface area contributed by atoms with Crippen molar-refractivity contribution in [3.63, 3.8) is 0 Å². The lowest BCUT2D eigenvalue weighted by Gasteiger charge is -2.11. The van der Waals surface area contributed by atoms with E-state index < -0.39 is 0 Å². The van der Waals surface area contributed by atoms with E-state index in [-0.39, 0.29) is 12.6 Å². The highest BCUT2D eigenvalue weighted by molar-refractivity contribution is 5.89. The fourth-order valence-corrected chi connectivity index (χ4v) is 2.53. The summed E-state index contributed by atoms with van der Waals surface area (Å²) < 4.78 is 16.4. The Morgan fingerprint density at radius 2 is 1.58 bits per heavy atom. The van der Waals surface area contributed by atoms with Gasteiger partial charge in [0.25, 0.3) is 0 Å². The highest BCUT2D eigenvalue weighted by Gasteiger charge is 2.10. The second-order valence-corrected chi connectivity index (χ2v) is 5.83. The van der Waals surface area contributed by atoms with E-state index in [1.165, 1.54) is 0 Å². The summed E-state index contributed by atoms with van der Waals surface area (Å²) in [6.07, 6.45) is 0. The van der Waals surface area contributed by atoms with E-state index in [1.54, 1.807) is 31.4 Å². The molecule has 0 heterocycles. The minimum absolute atomic E-state index is 0.159. The Balaban J connectivity index is 1.62. The van der Waals surface area contributed by atoms with Gasteiger partial charge in [-0.05, 0) is 55.5 Å². The monoisotopic (exact) mass is 348 g/mol. The van der Waals surface area contributed by atoms with Crippen LogP contribution < -0.4 is 9.47 Å². The van der Waals surface area contributed by atoms with Crippen molar-refractivity contribution in [1.82, 2.24) is 0 Å². The maximum atomic E-state index is 12.3. The molecule has 0 atom stereocenters. The Hall–Kier alpha value is -3.27. The minimum Gasteiger partial charge on any atom is -0.496 e. The predicted octanol–water partition coefficient (Wildman–Crippen LogP) is 5.15. The third-order valence-electron chi connectivity index (χ3n) is 3.86. The number of carbonyl (C=O) groups is 1. The molecule has 3 rings (SSSR count). The van der Waals surface area contributed by atoms with Gasteiger partial charge in [-0.3, -0.25) is 0 Å². The van der Waals surface area contributed by atoms with Crippen molar-refractivity contribution in [3.05, 3.63) is 89.5 Å². The summed E-state index contributed by atoms with van der Waals surface area (Å²) in [5.74, 6) is 1.72. The number of benzene rings is 3. The van der Waals surface area contributed by atoms with Crippen molar-refractivity contribution in [2.75, 3.05) is 7.11 Å². The molecule has 0 spiro atoms. The van der Waals surface area contributed by atoms with Gasteiger partial charge < -0.3 is 14.2 Å². The first-order valence-corrected chi connectivity index (χ1v) is 8.29. The first kappa shape index (κ1) is 17.5. The van der Waals surface area contributed by atoms with Crippen molar-refractivity contribution in [1.29, 1.82) is 0 Å². The van der Waals surface area contributed by atoms with Crippen LogP contribution in [0.5, 0.6) is 17.2 Å². The summed E-state index contributed by atoms with van der Waals surface area (Å²) >= 11 is 0. The Labute approximate surface area is 153 Å². The molecule has 4 nitrogen and oxygen atoms in total. The molecule has 3 aromatic carbocycles. The topological polar surface area (TPSA) is 44.8 Å². The molecule has 3 aromatic rings. The van der Waals surface area contributed by atoms with Gasteiger partial charge in [0.05, 0.1) is 12.7 Å². The number of carbonyl (C=O) groups excluding carboxylic acids is 1. The van der Waals surface area contributed by atoms with Crippen molar-refractivity contribution >= 4 is 5.97 Å². The lowest BCUT2D eigenvalue weighted by molar-refractivity contribution is 0.0470. The second-order valence-electron chi connectivity index (χ2n) is 5.83. The summed E-state index contributed by atoms with van der Waals surface area (Å²) in [4.78, 5) is 12.3. The van der Waals surface area contributed by atoms with Crippen LogP contribution in [-0.4, -0.2) is 13.1 Å². The van der Waals surface area contributed by atoms with E-state index in [4.69, 9.17) is 14.2 Å². The van der Waals surface area contributed by atoms with E-state index in [9.17, 15) is 4.79 Å². The lowest BCUT2D eigenvalue weighted by atomic mass is 10.1. The van der Waals surface area contributed by atoms with Gasteiger partial charge in [-0.1, -0.05) is 29.8 Å². The predicted molar refractivity (Wildman–Crippen MR) is 99.8 cm³/mol. The summed E-state index contributed by atoms with van der Waals surface area (Å²) in [7, 11) is 1.60. The van der Waals surface area contributed by atoms with Crippen LogP contribution in [0.25, 0.3) is 0 Å². The molecule has 0 aliphatic rings. The number of para-hydroxylation sites is 1. The largest absolute Gasteiger partial charge is 0.496 e. The van der Waals surface area contributed by atoms with Crippen molar-refractivity contribution in [2.45, 2.75) is 13.5 Å². The van der Waals surface area contributed by atoms with Crippen molar-refractivity contribution in [2.24, 2.45) is 0 Å². The molecule has 132 valence electrons. The maximum Gasteiger partial charge on any atom is 0.338 e. The van der Waals surface area contributed by atoms with E-state index in [0.29, 0.717) is 17.1 Å². The van der Waals surface area contributed by atoms with Gasteiger partial charge in [0.15, 0.2) is 0 Å². The smallest absolute Gasteiger partial charge is 0.338 e. The molecule has 0 aliphatic heterocycles. The quantitative estimate of drug-likeness (QED) is 0.578. The number of hydrogen-bond donors (Lipinski definition) is 0. The average molecular weight is 348 g/mol. The van der Waals surface area contributed by atoms with Gasteiger partial charge in [-0.25, -0.2) is 4.79 Å². The van der Waals surface area contributed by atoms with Crippen LogP contribution in [-0.2, 0) is 11.3 Å². The van der Waals surface area contributed by atoms with Gasteiger partial charge in [-0.2, -0.15) is 0 Å². The normalized spacial score (nSPS) is 10.2. The molecule has 0 unspecified atom stereocenters. The summed E-state index contributed by atoms with van der Waals surface area (Å²) in [5.41, 5.74) is 2.39. The molecule has 0 N–H and O–H groups in total. The second kappa shape index (κ2) is 8.21. The third kappa shape index (κ3) is 4.42. The zero-order chi connectivity index (χ0) is 18.4. The van der Waals surface area contributed by atoms with Crippen LogP contribution in [0.15, 0.2) is 72.8 Å². The van der Waals surface area contributed by atoms with Gasteiger partial charge >= 0.3 is 5.97 Å². The van der Waals surface area contributed by atoms with E-state index in [2.05, 4.69) is 0 Å². The van der Waals surface area contributed by atoms with Gasteiger partial charge in [0, 0.05) is 5.56 Å². The van der Waals surface area contributed by atoms with Crippen LogP contribution in [0.3, 0.4) is 0 Å². The molecular weight excluding hydrogens is 328 g/mol. The fraction of sp³-hybridized carbons (Fsp3) is 0.136. The summed E-state index contributed by atoms with van der Waals surface area (Å²) in [6, 6.07) is 22.1. The minimum atomic E-state index is -0.389. The van der Waals surface area contributed by atoms with Crippen LogP contribution in [0.1, 0.15) is 21.5 Å². The molecule has 0 bridgehead atoms. The molecule has 0 aromatic heterocycles. The van der Waals surface area contributed by atoms with Crippen LogP contribution >= 0.6 is 0 Å². The molecule has 0 aliphatic carbocycles. The molecule has 0 fully saturated rings. The summed E-state index contributed by atoms with van der Waals surface area (Å²) in [6.45, 7) is 2.14. The average Bonchev–Trinajstić information content (AvgIpc) is 2.67. The highest BCUT2D eigenvalue weighted by Crippen LogP contribution is 2.23. The van der Waals surface area contributed by atoms with Gasteiger partial charge in [0.1, 0.15) is 23.9 Å². The molecule has 0 saturated heterocycles. The number of aryl methyl sites for hydroxylation is 1. The number of methoxy groups -OCH3 is 1. The Bertz CT molecular complexity index is 870. The first-order valence-electron chi connectivity index (χ1n) is 8.29. The first-order chi connectivity index (χ1) is 12.7. The third-order valence-corrected chi connectivity index (χ3v) is 3.86. The van der Waals surface area contributed by atoms with E-state index in [0.717, 1.165) is 16.9 Å². The molecule has 4 heteroatoms. The zero-order valence-corrected chi connectivity index (χ0v) is 14.8. The van der Waals surface area contributed by atoms with Gasteiger partial charge in [0.2, 0.25) is 0 Å². The molecule has 0 saturated carbocycles. The van der Waals surface area contributed by atoms with Crippen molar-refractivity contribution < 1.29 is 19.0 Å². The van der Waals surface area contributed by atoms with Crippen molar-refractivity contribution in [3.8, 4) is 17.2 Å². The highest BCUT2D eigenvalue weighted by atomic mass is 16.5. The zero-order valence-electron chi connectivity index (χ0n) is 14.8. The van der Waals surface area contributed by atoms with Crippen LogP contribution in [0.2, 0.25) is 0 Å². The lowest BCUT2D eigenvalue weighted by Crippen LogP contribution is -2.06. The van der Waals surface area contributed by atoms with E-state index >= 15 is 0 Å². The molecule has 0 amide bonds. The Kier molecular flexibility index (Phi) is 5.54. The fourth-order valence-electron chi connectivity index (χ4n) is 2.53. The standard InChI is InChI=1S/C22H20O4/c1-16-8-13-21(24-2)18(14-16)15-25-22(23)17-9-11-20(12-10-17)26-19-6-4-3-5-7-19/h3-14H,15H2,1-2H3. The molecule has 26 heavy (non-hydrogen) atoms. The molecule has 0 radical (unpaired) electrons. The SMILES string of the molecule is COc1ccc(C)cc1COC(=O)c1ccc(Oc2ccccc2)cc1. The Morgan fingerprint density at radius 1 is 0.885 bits per heavy atom. The number of esters is 1. The maximum absolute atomic E-state index is 12.3. The van der Waals surface area contributed by atoms with Crippen LogP contribution in [0.4, 0.5) is 0 Å². The van der Waals surface area contributed by atoms with Crippen LogP contribution in [0, 0.1) is 6.92 Å². The number of hydrogen-bond acceptors (Lipinski definition) is 4. The molecular formula is C22H20O4. The summed E-state index contributed by atoms with van der Waals surface area (Å²) in [5, 5.41) is 0. The van der Waals surface area contributed by atoms with E-state index in [1.807, 2.05) is 55.5 Å².